The lowest BCUT2D eigenvalue weighted by molar-refractivity contribution is -0.390. The van der Waals surface area contributed by atoms with Gasteiger partial charge >= 0.3 is 39.2 Å². The van der Waals surface area contributed by atoms with Gasteiger partial charge in [0.2, 0.25) is 0 Å². The summed E-state index contributed by atoms with van der Waals surface area (Å²) in [5, 5.41) is 3.71. The lowest BCUT2D eigenvalue weighted by Crippen LogP contribution is -2.59. The van der Waals surface area contributed by atoms with Gasteiger partial charge in [-0.05, 0) is 32.3 Å². The molecule has 0 heterocycles. The fourth-order valence-corrected chi connectivity index (χ4v) is 2.37. The van der Waals surface area contributed by atoms with Crippen LogP contribution in [-0.4, -0.2) is 66.7 Å². The molecular formula is C15H21F7O8S. The van der Waals surface area contributed by atoms with E-state index >= 15 is 0 Å². The standard InChI is InChI=1S/C15H21F7O8S/c1-4-28-11(24)13(14(18,19)20,30-10(23)9(2)3)29-8-6-5-7-12(16,17)15(21,22)31(25,26)27/h10,23H,2,4-8H2,1,3H3,(H,25,26,27). The molecule has 0 saturated carbocycles. The maximum Gasteiger partial charge on any atom is 0.455 e. The zero-order valence-corrected chi connectivity index (χ0v) is 17.0. The van der Waals surface area contributed by atoms with Gasteiger partial charge in [-0.3, -0.25) is 4.55 Å². The van der Waals surface area contributed by atoms with E-state index in [2.05, 4.69) is 20.8 Å². The summed E-state index contributed by atoms with van der Waals surface area (Å²) in [6.45, 7) is 3.58. The topological polar surface area (TPSA) is 119 Å². The van der Waals surface area contributed by atoms with Crippen molar-refractivity contribution in [3.63, 3.8) is 0 Å². The van der Waals surface area contributed by atoms with Gasteiger partial charge < -0.3 is 19.3 Å². The number of carbonyl (C=O) groups is 1. The van der Waals surface area contributed by atoms with Crippen molar-refractivity contribution < 1.29 is 67.8 Å². The van der Waals surface area contributed by atoms with Crippen LogP contribution in [0.25, 0.3) is 0 Å². The van der Waals surface area contributed by atoms with Crippen LogP contribution in [0.1, 0.15) is 33.1 Å². The Morgan fingerprint density at radius 2 is 1.61 bits per heavy atom. The van der Waals surface area contributed by atoms with E-state index in [0.717, 1.165) is 13.8 Å². The van der Waals surface area contributed by atoms with Crippen LogP contribution in [-0.2, 0) is 29.1 Å². The first-order valence-electron chi connectivity index (χ1n) is 8.38. The Bertz CT molecular complexity index is 738. The van der Waals surface area contributed by atoms with Crippen LogP contribution in [0.5, 0.6) is 0 Å². The molecule has 0 aliphatic carbocycles. The highest BCUT2D eigenvalue weighted by molar-refractivity contribution is 7.87. The van der Waals surface area contributed by atoms with Crippen molar-refractivity contribution in [3.05, 3.63) is 12.2 Å². The Morgan fingerprint density at radius 1 is 1.10 bits per heavy atom. The molecule has 0 aromatic carbocycles. The highest BCUT2D eigenvalue weighted by atomic mass is 32.2. The van der Waals surface area contributed by atoms with Crippen molar-refractivity contribution in [1.82, 2.24) is 0 Å². The Balaban J connectivity index is 5.42. The maximum atomic E-state index is 13.6. The number of halogens is 7. The number of aliphatic hydroxyl groups excluding tert-OH is 1. The molecule has 0 rings (SSSR count). The molecule has 16 heteroatoms. The van der Waals surface area contributed by atoms with Gasteiger partial charge in [-0.25, -0.2) is 4.79 Å². The number of aliphatic hydroxyl groups is 1. The summed E-state index contributed by atoms with van der Waals surface area (Å²) >= 11 is 0. The molecule has 31 heavy (non-hydrogen) atoms. The Hall–Kier alpha value is -1.49. The number of carbonyl (C=O) groups excluding carboxylic acids is 1. The molecule has 0 bridgehead atoms. The van der Waals surface area contributed by atoms with Crippen LogP contribution in [0.2, 0.25) is 0 Å². The average Bonchev–Trinajstić information content (AvgIpc) is 2.57. The molecule has 184 valence electrons. The van der Waals surface area contributed by atoms with Gasteiger partial charge in [-0.15, -0.1) is 0 Å². The van der Waals surface area contributed by atoms with Crippen molar-refractivity contribution in [2.24, 2.45) is 0 Å². The molecule has 0 amide bonds. The van der Waals surface area contributed by atoms with Crippen LogP contribution in [0.3, 0.4) is 0 Å². The third kappa shape index (κ3) is 7.00. The minimum Gasteiger partial charge on any atom is -0.462 e. The molecule has 2 unspecified atom stereocenters. The number of esters is 1. The second-order valence-electron chi connectivity index (χ2n) is 6.15. The normalized spacial score (nSPS) is 16.5. The largest absolute Gasteiger partial charge is 0.462 e. The highest BCUT2D eigenvalue weighted by Crippen LogP contribution is 2.42. The predicted octanol–water partition coefficient (Wildman–Crippen LogP) is 3.02. The number of hydrogen-bond acceptors (Lipinski definition) is 7. The SMILES string of the molecule is C=C(C)C(O)OC(OCCCCC(F)(F)C(F)(F)S(=O)(=O)O)(C(=O)OCC)C(F)(F)F. The number of rotatable bonds is 13. The molecule has 2 N–H and O–H groups in total. The van der Waals surface area contributed by atoms with E-state index in [-0.39, 0.29) is 5.57 Å². The minimum absolute atomic E-state index is 0.367. The smallest absolute Gasteiger partial charge is 0.455 e. The summed E-state index contributed by atoms with van der Waals surface area (Å²) in [5.41, 5.74) is -0.367. The molecule has 0 aromatic rings. The Labute approximate surface area is 172 Å². The molecule has 8 nitrogen and oxygen atoms in total. The third-order valence-electron chi connectivity index (χ3n) is 3.56. The van der Waals surface area contributed by atoms with E-state index in [4.69, 9.17) is 4.55 Å². The number of ether oxygens (including phenoxy) is 3. The molecule has 0 saturated heterocycles. The molecule has 0 aliphatic rings. The highest BCUT2D eigenvalue weighted by Gasteiger charge is 2.67. The molecule has 0 radical (unpaired) electrons. The Morgan fingerprint density at radius 3 is 2.00 bits per heavy atom. The van der Waals surface area contributed by atoms with Crippen LogP contribution >= 0.6 is 0 Å². The van der Waals surface area contributed by atoms with Gasteiger partial charge in [0.05, 0.1) is 13.2 Å². The van der Waals surface area contributed by atoms with Gasteiger partial charge in [0.15, 0.2) is 6.29 Å². The fourth-order valence-electron chi connectivity index (χ4n) is 1.89. The van der Waals surface area contributed by atoms with E-state index in [0.29, 0.717) is 0 Å². The van der Waals surface area contributed by atoms with E-state index in [1.54, 1.807) is 0 Å². The van der Waals surface area contributed by atoms with Crippen molar-refractivity contribution in [2.45, 2.75) is 62.5 Å². The summed E-state index contributed by atoms with van der Waals surface area (Å²) < 4.78 is 136. The quantitative estimate of drug-likeness (QED) is 0.100. The summed E-state index contributed by atoms with van der Waals surface area (Å²) in [6, 6.07) is 0. The van der Waals surface area contributed by atoms with Crippen LogP contribution in [0.4, 0.5) is 30.7 Å². The van der Waals surface area contributed by atoms with Gasteiger partial charge in [-0.2, -0.15) is 39.2 Å². The molecular weight excluding hydrogens is 473 g/mol. The second kappa shape index (κ2) is 10.4. The van der Waals surface area contributed by atoms with E-state index in [1.807, 2.05) is 0 Å². The minimum atomic E-state index is -6.47. The van der Waals surface area contributed by atoms with Gasteiger partial charge in [0.25, 0.3) is 0 Å². The number of alkyl halides is 7. The zero-order valence-electron chi connectivity index (χ0n) is 16.2. The number of unbranched alkanes of at least 4 members (excludes halogenated alkanes) is 1. The number of hydrogen-bond donors (Lipinski definition) is 2. The molecule has 0 aromatic heterocycles. The van der Waals surface area contributed by atoms with Crippen LogP contribution in [0, 0.1) is 0 Å². The van der Waals surface area contributed by atoms with Gasteiger partial charge in [0.1, 0.15) is 0 Å². The monoisotopic (exact) mass is 494 g/mol. The summed E-state index contributed by atoms with van der Waals surface area (Å²) in [4.78, 5) is 11.9. The summed E-state index contributed by atoms with van der Waals surface area (Å²) in [5.74, 6) is -11.6. The van der Waals surface area contributed by atoms with Gasteiger partial charge in [0, 0.05) is 6.42 Å². The van der Waals surface area contributed by atoms with Crippen molar-refractivity contribution in [2.75, 3.05) is 13.2 Å². The molecule has 0 aliphatic heterocycles. The average molecular weight is 494 g/mol. The fraction of sp³-hybridized carbons (Fsp3) is 0.800. The van der Waals surface area contributed by atoms with Crippen LogP contribution in [0.15, 0.2) is 12.2 Å². The predicted molar refractivity (Wildman–Crippen MR) is 88.6 cm³/mol. The third-order valence-corrected chi connectivity index (χ3v) is 4.50. The van der Waals surface area contributed by atoms with Crippen molar-refractivity contribution >= 4 is 16.1 Å². The Kier molecular flexibility index (Phi) is 9.92. The van der Waals surface area contributed by atoms with Gasteiger partial charge in [-0.1, -0.05) is 6.58 Å². The van der Waals surface area contributed by atoms with Crippen LogP contribution < -0.4 is 0 Å². The lowest BCUT2D eigenvalue weighted by atomic mass is 10.1. The maximum absolute atomic E-state index is 13.6. The van der Waals surface area contributed by atoms with E-state index < -0.39 is 78.0 Å². The molecule has 0 spiro atoms. The molecule has 2 atom stereocenters. The molecule has 0 fully saturated rings. The first-order valence-corrected chi connectivity index (χ1v) is 9.82. The van der Waals surface area contributed by atoms with E-state index in [1.165, 1.54) is 0 Å². The lowest BCUT2D eigenvalue weighted by Gasteiger charge is -2.34. The first kappa shape index (κ1) is 29.5. The first-order chi connectivity index (χ1) is 13.8. The van der Waals surface area contributed by atoms with Crippen molar-refractivity contribution in [3.8, 4) is 0 Å². The zero-order chi connectivity index (χ0) is 24.9. The second-order valence-corrected chi connectivity index (χ2v) is 7.62. The van der Waals surface area contributed by atoms with Crippen molar-refractivity contribution in [1.29, 1.82) is 0 Å². The summed E-state index contributed by atoms with van der Waals surface area (Å²) in [6.07, 6.45) is -11.7. The van der Waals surface area contributed by atoms with E-state index in [9.17, 15) is 49.1 Å². The summed E-state index contributed by atoms with van der Waals surface area (Å²) in [7, 11) is -6.47.